The number of carbonyl (C=O) groups excluding carboxylic acids is 4. The lowest BCUT2D eigenvalue weighted by Gasteiger charge is -2.45. The molecule has 4 aromatic carbocycles. The number of carbonyl (C=O) groups is 4. The minimum Gasteiger partial charge on any atom is -0.497 e. The van der Waals surface area contributed by atoms with Gasteiger partial charge in [0.25, 0.3) is 0 Å². The quantitative estimate of drug-likeness (QED) is 0.0818. The zero-order valence-corrected chi connectivity index (χ0v) is 25.6. The van der Waals surface area contributed by atoms with Gasteiger partial charge in [-0.05, 0) is 59.4 Å². The van der Waals surface area contributed by atoms with Crippen LogP contribution in [0.4, 0.5) is 0 Å². The van der Waals surface area contributed by atoms with Crippen LogP contribution in [0.2, 0.25) is 0 Å². The fourth-order valence-electron chi connectivity index (χ4n) is 7.67. The minimum atomic E-state index is -1.06. The van der Waals surface area contributed by atoms with Crippen LogP contribution in [-0.4, -0.2) is 42.1 Å². The fourth-order valence-corrected chi connectivity index (χ4v) is 7.67. The number of imide groups is 1. The zero-order chi connectivity index (χ0) is 31.8. The molecule has 0 spiro atoms. The van der Waals surface area contributed by atoms with Gasteiger partial charge in [-0.15, -0.1) is 0 Å². The second-order valence-corrected chi connectivity index (χ2v) is 12.3. The number of benzene rings is 4. The van der Waals surface area contributed by atoms with E-state index < -0.39 is 12.1 Å². The third kappa shape index (κ3) is 5.10. The summed E-state index contributed by atoms with van der Waals surface area (Å²) in [7, 11) is 1.56. The van der Waals surface area contributed by atoms with E-state index in [0.717, 1.165) is 22.3 Å². The van der Waals surface area contributed by atoms with Gasteiger partial charge in [-0.1, -0.05) is 85.3 Å². The van der Waals surface area contributed by atoms with Gasteiger partial charge in [-0.25, -0.2) is 0 Å². The molecule has 1 aliphatic heterocycles. The summed E-state index contributed by atoms with van der Waals surface area (Å²) in [5.41, 5.74) is 5.66. The summed E-state index contributed by atoms with van der Waals surface area (Å²) in [5, 5.41) is 0. The van der Waals surface area contributed by atoms with Crippen LogP contribution in [0, 0.1) is 11.8 Å². The van der Waals surface area contributed by atoms with Crippen LogP contribution in [0.5, 0.6) is 5.75 Å². The topological polar surface area (TPSA) is 90.0 Å². The van der Waals surface area contributed by atoms with Crippen molar-refractivity contribution in [3.63, 3.8) is 0 Å². The van der Waals surface area contributed by atoms with Crippen LogP contribution in [0.3, 0.4) is 0 Å². The van der Waals surface area contributed by atoms with Gasteiger partial charge in [0, 0.05) is 35.9 Å². The van der Waals surface area contributed by atoms with Crippen LogP contribution >= 0.6 is 0 Å². The Labute approximate surface area is 268 Å². The van der Waals surface area contributed by atoms with E-state index in [4.69, 9.17) is 9.47 Å². The molecule has 0 N–H and O–H groups in total. The van der Waals surface area contributed by atoms with Crippen molar-refractivity contribution in [2.24, 2.45) is 11.8 Å². The van der Waals surface area contributed by atoms with Gasteiger partial charge in [0.15, 0.2) is 6.10 Å². The third-order valence-electron chi connectivity index (χ3n) is 9.77. The molecule has 0 unspecified atom stereocenters. The molecule has 7 heteroatoms. The molecule has 1 fully saturated rings. The normalized spacial score (nSPS) is 21.3. The molecular formula is C39H35NO6. The molecule has 1 saturated heterocycles. The van der Waals surface area contributed by atoms with Gasteiger partial charge in [-0.2, -0.15) is 0 Å². The first-order chi connectivity index (χ1) is 22.5. The second-order valence-electron chi connectivity index (χ2n) is 12.3. The molecule has 4 aromatic rings. The molecule has 1 heterocycles. The molecular weight excluding hydrogens is 578 g/mol. The first-order valence-corrected chi connectivity index (χ1v) is 15.9. The first-order valence-electron chi connectivity index (χ1n) is 15.9. The van der Waals surface area contributed by atoms with Crippen LogP contribution < -0.4 is 4.74 Å². The number of hydrogen-bond acceptors (Lipinski definition) is 6. The average molecular weight is 614 g/mol. The highest BCUT2D eigenvalue weighted by molar-refractivity contribution is 6.07. The van der Waals surface area contributed by atoms with Gasteiger partial charge in [0.05, 0.1) is 18.9 Å². The second kappa shape index (κ2) is 12.4. The van der Waals surface area contributed by atoms with E-state index in [-0.39, 0.29) is 47.7 Å². The molecule has 8 rings (SSSR count). The van der Waals surface area contributed by atoms with Gasteiger partial charge < -0.3 is 9.47 Å². The average Bonchev–Trinajstić information content (AvgIpc) is 3.36. The highest BCUT2D eigenvalue weighted by atomic mass is 16.5. The number of ketones is 1. The van der Waals surface area contributed by atoms with Crippen molar-refractivity contribution < 1.29 is 28.7 Å². The number of nitrogens with zero attached hydrogens (tertiary/aromatic N) is 1. The number of rotatable bonds is 11. The number of amides is 2. The van der Waals surface area contributed by atoms with Crippen LogP contribution in [0.1, 0.15) is 81.8 Å². The van der Waals surface area contributed by atoms with E-state index in [1.807, 2.05) is 30.3 Å². The summed E-state index contributed by atoms with van der Waals surface area (Å²) < 4.78 is 10.9. The van der Waals surface area contributed by atoms with Crippen LogP contribution in [-0.2, 0) is 19.1 Å². The predicted octanol–water partition coefficient (Wildman–Crippen LogP) is 6.62. The number of likely N-dealkylation sites (tertiary alicyclic amines) is 1. The van der Waals surface area contributed by atoms with E-state index in [1.54, 1.807) is 55.6 Å². The SMILES string of the molecule is COc1ccc(C(=O)[C@@H](OC(=O)CCCCCN2C(=O)[C@H]3C4c5ccccc5C(c5ccccc54)[C@@H]3C2=O)c2ccccc2)cc1. The third-order valence-corrected chi connectivity index (χ3v) is 9.77. The summed E-state index contributed by atoms with van der Waals surface area (Å²) in [6, 6.07) is 32.2. The molecule has 3 atom stereocenters. The monoisotopic (exact) mass is 613 g/mol. The van der Waals surface area contributed by atoms with Crippen molar-refractivity contribution in [1.29, 1.82) is 0 Å². The van der Waals surface area contributed by atoms with Crippen LogP contribution in [0.15, 0.2) is 103 Å². The summed E-state index contributed by atoms with van der Waals surface area (Å²) in [6.45, 7) is 0.328. The van der Waals surface area contributed by atoms with Crippen molar-refractivity contribution in [3.05, 3.63) is 137 Å². The Kier molecular flexibility index (Phi) is 7.99. The molecule has 7 nitrogen and oxygen atoms in total. The maximum atomic E-state index is 13.8. The largest absolute Gasteiger partial charge is 0.497 e. The lowest BCUT2D eigenvalue weighted by Crippen LogP contribution is -2.41. The number of esters is 1. The van der Waals surface area contributed by atoms with Gasteiger partial charge >= 0.3 is 5.97 Å². The van der Waals surface area contributed by atoms with E-state index in [9.17, 15) is 19.2 Å². The highest BCUT2D eigenvalue weighted by Gasteiger charge is 2.61. The highest BCUT2D eigenvalue weighted by Crippen LogP contribution is 2.60. The van der Waals surface area contributed by atoms with Crippen molar-refractivity contribution in [2.45, 2.75) is 43.6 Å². The summed E-state index contributed by atoms with van der Waals surface area (Å²) >= 11 is 0. The Morgan fingerprint density at radius 3 is 1.72 bits per heavy atom. The van der Waals surface area contributed by atoms with E-state index in [0.29, 0.717) is 42.7 Å². The first kappa shape index (κ1) is 29.7. The smallest absolute Gasteiger partial charge is 0.306 e. The number of hydrogen-bond donors (Lipinski definition) is 0. The summed E-state index contributed by atoms with van der Waals surface area (Å²) in [5.74, 6) is -1.31. The molecule has 46 heavy (non-hydrogen) atoms. The van der Waals surface area contributed by atoms with Crippen LogP contribution in [0.25, 0.3) is 0 Å². The van der Waals surface area contributed by atoms with E-state index >= 15 is 0 Å². The zero-order valence-electron chi connectivity index (χ0n) is 25.6. The molecule has 0 radical (unpaired) electrons. The summed E-state index contributed by atoms with van der Waals surface area (Å²) in [4.78, 5) is 55.4. The Balaban J connectivity index is 0.969. The summed E-state index contributed by atoms with van der Waals surface area (Å²) in [6.07, 6.45) is 0.807. The minimum absolute atomic E-state index is 0.0869. The maximum absolute atomic E-state index is 13.8. The lowest BCUT2D eigenvalue weighted by molar-refractivity contribution is -0.147. The van der Waals surface area contributed by atoms with Crippen molar-refractivity contribution in [3.8, 4) is 5.75 Å². The Morgan fingerprint density at radius 2 is 1.20 bits per heavy atom. The Bertz CT molecular complexity index is 1680. The standard InChI is InChI=1S/C39H35NO6/c1-45-26-21-19-24(20-22-26)36(42)37(25-12-4-2-5-13-25)46-31(41)18-6-3-11-23-40-38(43)34-32-27-14-7-8-15-28(27)33(35(34)39(40)44)30-17-10-9-16-29(30)32/h2,4-5,7-10,12-17,19-22,32-35,37H,3,6,11,18,23H2,1H3/t32?,33?,34-,35-,37-/m0/s1. The molecule has 2 amide bonds. The van der Waals surface area contributed by atoms with E-state index in [1.165, 1.54) is 4.90 Å². The molecule has 0 aromatic heterocycles. The number of methoxy groups -OCH3 is 1. The van der Waals surface area contributed by atoms with Crippen molar-refractivity contribution in [1.82, 2.24) is 4.90 Å². The lowest BCUT2D eigenvalue weighted by atomic mass is 9.55. The fraction of sp³-hybridized carbons (Fsp3) is 0.282. The number of Topliss-reactive ketones (excluding diaryl/α,β-unsaturated/α-hetero) is 1. The number of ether oxygens (including phenoxy) is 2. The predicted molar refractivity (Wildman–Crippen MR) is 171 cm³/mol. The Hall–Kier alpha value is -5.04. The maximum Gasteiger partial charge on any atom is 0.306 e. The van der Waals surface area contributed by atoms with Gasteiger partial charge in [-0.3, -0.25) is 24.1 Å². The van der Waals surface area contributed by atoms with E-state index in [2.05, 4.69) is 24.3 Å². The molecule has 2 bridgehead atoms. The van der Waals surface area contributed by atoms with Gasteiger partial charge in [0.1, 0.15) is 5.75 Å². The van der Waals surface area contributed by atoms with Crippen molar-refractivity contribution >= 4 is 23.6 Å². The molecule has 0 saturated carbocycles. The van der Waals surface area contributed by atoms with Gasteiger partial charge in [0.2, 0.25) is 17.6 Å². The number of unbranched alkanes of at least 4 members (excludes halogenated alkanes) is 2. The Morgan fingerprint density at radius 1 is 0.674 bits per heavy atom. The molecule has 232 valence electrons. The molecule has 3 aliphatic carbocycles. The molecule has 4 aliphatic rings. The van der Waals surface area contributed by atoms with Crippen molar-refractivity contribution in [2.75, 3.05) is 13.7 Å².